The summed E-state index contributed by atoms with van der Waals surface area (Å²) in [7, 11) is 0. The van der Waals surface area contributed by atoms with E-state index < -0.39 is 0 Å². The van der Waals surface area contributed by atoms with Crippen molar-refractivity contribution in [3.8, 4) is 0 Å². The summed E-state index contributed by atoms with van der Waals surface area (Å²) < 4.78 is 5.10. The van der Waals surface area contributed by atoms with Crippen molar-refractivity contribution in [2.45, 2.75) is 57.5 Å². The van der Waals surface area contributed by atoms with Crippen LogP contribution in [0.25, 0.3) is 0 Å². The van der Waals surface area contributed by atoms with Gasteiger partial charge in [-0.2, -0.15) is 0 Å². The molecule has 3 heteroatoms. The minimum atomic E-state index is -0.0816. The van der Waals surface area contributed by atoms with E-state index >= 15 is 0 Å². The molecule has 2 saturated heterocycles. The number of amides is 1. The molecule has 0 N–H and O–H groups in total. The molecule has 0 aliphatic carbocycles. The molecule has 14 heavy (non-hydrogen) atoms. The van der Waals surface area contributed by atoms with Gasteiger partial charge in [0, 0.05) is 12.1 Å². The van der Waals surface area contributed by atoms with E-state index in [1.54, 1.807) is 0 Å². The third kappa shape index (κ3) is 1.72. The smallest absolute Gasteiger partial charge is 0.410 e. The normalized spacial score (nSPS) is 31.4. The Hall–Kier alpha value is -0.730. The van der Waals surface area contributed by atoms with E-state index in [0.717, 1.165) is 0 Å². The Morgan fingerprint density at radius 2 is 1.71 bits per heavy atom. The van der Waals surface area contributed by atoms with Gasteiger partial charge < -0.3 is 9.64 Å². The summed E-state index contributed by atoms with van der Waals surface area (Å²) in [6, 6.07) is 0.947. The molecule has 0 saturated carbocycles. The SMILES string of the molecule is CCOC(=O)N1C2CCCC1CCC2. The number of hydrogen-bond acceptors (Lipinski definition) is 2. The fourth-order valence-corrected chi connectivity index (χ4v) is 2.82. The molecule has 80 valence electrons. The summed E-state index contributed by atoms with van der Waals surface area (Å²) in [6.45, 7) is 2.37. The second-order valence-electron chi connectivity index (χ2n) is 4.28. The van der Waals surface area contributed by atoms with Crippen LogP contribution in [0.3, 0.4) is 0 Å². The fraction of sp³-hybridized carbons (Fsp3) is 0.909. The van der Waals surface area contributed by atoms with E-state index in [0.29, 0.717) is 18.7 Å². The third-order valence-electron chi connectivity index (χ3n) is 3.41. The van der Waals surface area contributed by atoms with E-state index in [2.05, 4.69) is 0 Å². The third-order valence-corrected chi connectivity index (χ3v) is 3.41. The predicted octanol–water partition coefficient (Wildman–Crippen LogP) is 2.55. The summed E-state index contributed by atoms with van der Waals surface area (Å²) in [5.74, 6) is 0. The molecule has 2 bridgehead atoms. The lowest BCUT2D eigenvalue weighted by molar-refractivity contribution is 0.0252. The van der Waals surface area contributed by atoms with Crippen molar-refractivity contribution in [3.63, 3.8) is 0 Å². The van der Waals surface area contributed by atoms with Gasteiger partial charge in [0.05, 0.1) is 6.61 Å². The number of carbonyl (C=O) groups is 1. The summed E-state index contributed by atoms with van der Waals surface area (Å²) >= 11 is 0. The lowest BCUT2D eigenvalue weighted by Gasteiger charge is -2.45. The summed E-state index contributed by atoms with van der Waals surface area (Å²) in [6.07, 6.45) is 7.19. The second-order valence-corrected chi connectivity index (χ2v) is 4.28. The van der Waals surface area contributed by atoms with Crippen LogP contribution in [0, 0.1) is 0 Å². The van der Waals surface area contributed by atoms with Crippen LogP contribution in [0.15, 0.2) is 0 Å². The number of ether oxygens (including phenoxy) is 1. The highest BCUT2D eigenvalue weighted by atomic mass is 16.6. The van der Waals surface area contributed by atoms with Gasteiger partial charge in [-0.1, -0.05) is 0 Å². The van der Waals surface area contributed by atoms with Crippen molar-refractivity contribution < 1.29 is 9.53 Å². The molecular weight excluding hydrogens is 178 g/mol. The van der Waals surface area contributed by atoms with E-state index in [1.807, 2.05) is 11.8 Å². The highest BCUT2D eigenvalue weighted by molar-refractivity contribution is 5.68. The van der Waals surface area contributed by atoms with Gasteiger partial charge in [0.15, 0.2) is 0 Å². The summed E-state index contributed by atoms with van der Waals surface area (Å²) in [5.41, 5.74) is 0. The van der Waals surface area contributed by atoms with Crippen LogP contribution in [-0.4, -0.2) is 29.7 Å². The average Bonchev–Trinajstić information content (AvgIpc) is 2.17. The molecule has 0 aromatic rings. The van der Waals surface area contributed by atoms with Crippen LogP contribution in [0.1, 0.15) is 45.4 Å². The predicted molar refractivity (Wildman–Crippen MR) is 54.1 cm³/mol. The maximum atomic E-state index is 11.7. The molecule has 1 amide bonds. The van der Waals surface area contributed by atoms with Crippen LogP contribution in [0.2, 0.25) is 0 Å². The average molecular weight is 197 g/mol. The lowest BCUT2D eigenvalue weighted by Crippen LogP contribution is -2.52. The van der Waals surface area contributed by atoms with Crippen LogP contribution < -0.4 is 0 Å². The van der Waals surface area contributed by atoms with Gasteiger partial charge >= 0.3 is 6.09 Å². The van der Waals surface area contributed by atoms with Crippen LogP contribution in [0.4, 0.5) is 4.79 Å². The number of fused-ring (bicyclic) bond motifs is 2. The molecule has 0 radical (unpaired) electrons. The number of rotatable bonds is 1. The molecule has 0 aromatic carbocycles. The molecule has 0 unspecified atom stereocenters. The molecule has 0 spiro atoms. The zero-order valence-electron chi connectivity index (χ0n) is 8.87. The van der Waals surface area contributed by atoms with E-state index in [1.165, 1.54) is 38.5 Å². The minimum Gasteiger partial charge on any atom is -0.450 e. The van der Waals surface area contributed by atoms with Crippen molar-refractivity contribution in [2.75, 3.05) is 6.61 Å². The molecule has 2 heterocycles. The molecular formula is C11H19NO2. The van der Waals surface area contributed by atoms with Gasteiger partial charge in [0.25, 0.3) is 0 Å². The van der Waals surface area contributed by atoms with Gasteiger partial charge in [-0.15, -0.1) is 0 Å². The van der Waals surface area contributed by atoms with Crippen LogP contribution in [0.5, 0.6) is 0 Å². The monoisotopic (exact) mass is 197 g/mol. The molecule has 3 nitrogen and oxygen atoms in total. The number of nitrogens with zero attached hydrogens (tertiary/aromatic N) is 1. The maximum absolute atomic E-state index is 11.7. The number of hydrogen-bond donors (Lipinski definition) is 0. The van der Waals surface area contributed by atoms with Crippen molar-refractivity contribution in [1.29, 1.82) is 0 Å². The van der Waals surface area contributed by atoms with E-state index in [4.69, 9.17) is 4.74 Å². The first kappa shape index (κ1) is 9.81. The summed E-state index contributed by atoms with van der Waals surface area (Å²) in [5, 5.41) is 0. The van der Waals surface area contributed by atoms with Gasteiger partial charge in [-0.05, 0) is 45.4 Å². The highest BCUT2D eigenvalue weighted by Crippen LogP contribution is 2.34. The van der Waals surface area contributed by atoms with Crippen LogP contribution in [-0.2, 0) is 4.74 Å². The summed E-state index contributed by atoms with van der Waals surface area (Å²) in [4.78, 5) is 13.7. The molecule has 0 atom stereocenters. The molecule has 2 rings (SSSR count). The van der Waals surface area contributed by atoms with E-state index in [-0.39, 0.29) is 6.09 Å². The molecule has 0 aromatic heterocycles. The van der Waals surface area contributed by atoms with E-state index in [9.17, 15) is 4.79 Å². The van der Waals surface area contributed by atoms with Gasteiger partial charge in [0.2, 0.25) is 0 Å². The van der Waals surface area contributed by atoms with Gasteiger partial charge in [0.1, 0.15) is 0 Å². The van der Waals surface area contributed by atoms with Crippen molar-refractivity contribution >= 4 is 6.09 Å². The first-order chi connectivity index (χ1) is 6.83. The quantitative estimate of drug-likeness (QED) is 0.646. The van der Waals surface area contributed by atoms with Crippen LogP contribution >= 0.6 is 0 Å². The Morgan fingerprint density at radius 3 is 2.14 bits per heavy atom. The minimum absolute atomic E-state index is 0.0816. The highest BCUT2D eigenvalue weighted by Gasteiger charge is 2.37. The Labute approximate surface area is 85.4 Å². The van der Waals surface area contributed by atoms with Crippen molar-refractivity contribution in [3.05, 3.63) is 0 Å². The first-order valence-corrected chi connectivity index (χ1v) is 5.78. The Morgan fingerprint density at radius 1 is 1.21 bits per heavy atom. The zero-order chi connectivity index (χ0) is 9.97. The molecule has 2 fully saturated rings. The Balaban J connectivity index is 2.04. The second kappa shape index (κ2) is 4.20. The largest absolute Gasteiger partial charge is 0.450 e. The Bertz CT molecular complexity index is 195. The standard InChI is InChI=1S/C11H19NO2/c1-2-14-11(13)12-9-5-3-6-10(12)8-4-7-9/h9-10H,2-8H2,1H3. The van der Waals surface area contributed by atoms with Gasteiger partial charge in [-0.3, -0.25) is 0 Å². The van der Waals surface area contributed by atoms with Gasteiger partial charge in [-0.25, -0.2) is 4.79 Å². The first-order valence-electron chi connectivity index (χ1n) is 5.78. The maximum Gasteiger partial charge on any atom is 0.410 e. The Kier molecular flexibility index (Phi) is 2.94. The zero-order valence-corrected chi connectivity index (χ0v) is 8.87. The number of carbonyl (C=O) groups excluding carboxylic acids is 1. The van der Waals surface area contributed by atoms with Crippen molar-refractivity contribution in [1.82, 2.24) is 4.90 Å². The number of piperidine rings is 2. The topological polar surface area (TPSA) is 29.5 Å². The lowest BCUT2D eigenvalue weighted by atomic mass is 9.85. The van der Waals surface area contributed by atoms with Crippen molar-refractivity contribution in [2.24, 2.45) is 0 Å². The molecule has 2 aliphatic heterocycles. The fourth-order valence-electron chi connectivity index (χ4n) is 2.82. The molecule has 2 aliphatic rings.